The first-order valence-corrected chi connectivity index (χ1v) is 6.40. The predicted octanol–water partition coefficient (Wildman–Crippen LogP) is 3.21. The van der Waals surface area contributed by atoms with Crippen molar-refractivity contribution in [2.45, 2.75) is 31.8 Å². The van der Waals surface area contributed by atoms with Crippen molar-refractivity contribution in [3.05, 3.63) is 36.0 Å². The molecule has 1 aliphatic carbocycles. The maximum atomic E-state index is 2.46. The van der Waals surface area contributed by atoms with Gasteiger partial charge in [-0.05, 0) is 57.4 Å². The van der Waals surface area contributed by atoms with Gasteiger partial charge < -0.3 is 9.47 Å². The van der Waals surface area contributed by atoms with E-state index < -0.39 is 0 Å². The van der Waals surface area contributed by atoms with Gasteiger partial charge in [-0.25, -0.2) is 0 Å². The average Bonchev–Trinajstić information content (AvgIpc) is 2.58. The van der Waals surface area contributed by atoms with E-state index in [4.69, 9.17) is 0 Å². The van der Waals surface area contributed by atoms with Crippen molar-refractivity contribution in [1.82, 2.24) is 9.47 Å². The Balaban J connectivity index is 2.01. The Labute approximate surface area is 103 Å². The van der Waals surface area contributed by atoms with E-state index in [9.17, 15) is 0 Å². The molecule has 1 fully saturated rings. The molecule has 0 aliphatic heterocycles. The van der Waals surface area contributed by atoms with Crippen LogP contribution in [0.3, 0.4) is 0 Å². The van der Waals surface area contributed by atoms with E-state index in [1.54, 1.807) is 0 Å². The minimum atomic E-state index is 0.658. The summed E-state index contributed by atoms with van der Waals surface area (Å²) in [6.07, 6.45) is 4.88. The van der Waals surface area contributed by atoms with E-state index in [0.29, 0.717) is 12.1 Å². The summed E-state index contributed by atoms with van der Waals surface area (Å²) in [5.74, 6) is 0. The van der Waals surface area contributed by atoms with Gasteiger partial charge >= 0.3 is 0 Å². The van der Waals surface area contributed by atoms with Crippen molar-refractivity contribution >= 4 is 10.9 Å². The van der Waals surface area contributed by atoms with E-state index in [1.165, 1.54) is 29.3 Å². The van der Waals surface area contributed by atoms with Gasteiger partial charge in [0.1, 0.15) is 0 Å². The van der Waals surface area contributed by atoms with Gasteiger partial charge in [-0.3, -0.25) is 0 Å². The first-order chi connectivity index (χ1) is 8.16. The normalized spacial score (nSPS) is 24.2. The molecule has 17 heavy (non-hydrogen) atoms. The third kappa shape index (κ3) is 1.67. The van der Waals surface area contributed by atoms with Crippen LogP contribution in [0, 0.1) is 6.92 Å². The van der Waals surface area contributed by atoms with Crippen LogP contribution in [0.1, 0.15) is 24.4 Å². The Morgan fingerprint density at radius 1 is 1.18 bits per heavy atom. The Bertz CT molecular complexity index is 539. The zero-order chi connectivity index (χ0) is 12.0. The van der Waals surface area contributed by atoms with Crippen molar-refractivity contribution < 1.29 is 0 Å². The van der Waals surface area contributed by atoms with E-state index in [1.807, 2.05) is 0 Å². The topological polar surface area (TPSA) is 8.17 Å². The van der Waals surface area contributed by atoms with Gasteiger partial charge in [0.15, 0.2) is 0 Å². The molecular weight excluding hydrogens is 208 g/mol. The average molecular weight is 228 g/mol. The molecule has 1 heterocycles. The van der Waals surface area contributed by atoms with Crippen LogP contribution in [-0.4, -0.2) is 29.6 Å². The molecule has 1 saturated carbocycles. The van der Waals surface area contributed by atoms with Gasteiger partial charge in [0.25, 0.3) is 0 Å². The van der Waals surface area contributed by atoms with Gasteiger partial charge in [0.05, 0.1) is 0 Å². The molecule has 0 spiro atoms. The fourth-order valence-electron chi connectivity index (χ4n) is 2.96. The lowest BCUT2D eigenvalue weighted by atomic mass is 9.85. The maximum Gasteiger partial charge on any atom is 0.0492 e. The number of benzene rings is 1. The van der Waals surface area contributed by atoms with E-state index >= 15 is 0 Å². The number of fused-ring (bicyclic) bond motifs is 1. The Morgan fingerprint density at radius 3 is 2.65 bits per heavy atom. The lowest BCUT2D eigenvalue weighted by Crippen LogP contribution is -2.43. The molecule has 3 rings (SSSR count). The monoisotopic (exact) mass is 228 g/mol. The summed E-state index contributed by atoms with van der Waals surface area (Å²) in [5, 5.41) is 1.37. The van der Waals surface area contributed by atoms with Crippen molar-refractivity contribution in [2.75, 3.05) is 14.1 Å². The zero-order valence-corrected chi connectivity index (χ0v) is 10.9. The third-order valence-corrected chi connectivity index (χ3v) is 4.10. The largest absolute Gasteiger partial charge is 0.343 e. The summed E-state index contributed by atoms with van der Waals surface area (Å²) in [7, 11) is 4.37. The Hall–Kier alpha value is -1.28. The number of hydrogen-bond acceptors (Lipinski definition) is 1. The summed E-state index contributed by atoms with van der Waals surface area (Å²) >= 11 is 0. The minimum Gasteiger partial charge on any atom is -0.343 e. The highest BCUT2D eigenvalue weighted by molar-refractivity contribution is 5.81. The second-order valence-electron chi connectivity index (χ2n) is 5.46. The van der Waals surface area contributed by atoms with E-state index in [0.717, 1.165) is 0 Å². The highest BCUT2D eigenvalue weighted by atomic mass is 15.2. The van der Waals surface area contributed by atoms with E-state index in [-0.39, 0.29) is 0 Å². The third-order valence-electron chi connectivity index (χ3n) is 4.10. The van der Waals surface area contributed by atoms with Crippen LogP contribution in [0.25, 0.3) is 10.9 Å². The molecule has 2 heteroatoms. The van der Waals surface area contributed by atoms with Gasteiger partial charge in [-0.2, -0.15) is 0 Å². The number of aromatic nitrogens is 1. The molecule has 0 bridgehead atoms. The van der Waals surface area contributed by atoms with Gasteiger partial charge in [0.2, 0.25) is 0 Å². The minimum absolute atomic E-state index is 0.658. The van der Waals surface area contributed by atoms with Crippen molar-refractivity contribution in [2.24, 2.45) is 0 Å². The maximum absolute atomic E-state index is 2.46. The molecule has 1 aromatic carbocycles. The number of rotatable bonds is 2. The fourth-order valence-corrected chi connectivity index (χ4v) is 2.96. The SMILES string of the molecule is Cc1ccc2c(ccn2C2CC[C@@H]2N(C)C)c1. The lowest BCUT2D eigenvalue weighted by molar-refractivity contribution is 0.116. The molecule has 90 valence electrons. The second-order valence-corrected chi connectivity index (χ2v) is 5.46. The Kier molecular flexibility index (Phi) is 2.48. The van der Waals surface area contributed by atoms with Crippen LogP contribution in [-0.2, 0) is 0 Å². The summed E-state index contributed by atoms with van der Waals surface area (Å²) in [4.78, 5) is 2.36. The molecule has 2 nitrogen and oxygen atoms in total. The summed E-state index contributed by atoms with van der Waals surface area (Å²) in [5.41, 5.74) is 2.72. The van der Waals surface area contributed by atoms with Gasteiger partial charge in [-0.15, -0.1) is 0 Å². The summed E-state index contributed by atoms with van der Waals surface area (Å²) < 4.78 is 2.46. The molecular formula is C15H20N2. The van der Waals surface area contributed by atoms with Crippen molar-refractivity contribution in [3.63, 3.8) is 0 Å². The zero-order valence-electron chi connectivity index (χ0n) is 10.9. The van der Waals surface area contributed by atoms with Crippen LogP contribution in [0.15, 0.2) is 30.5 Å². The Morgan fingerprint density at radius 2 is 2.00 bits per heavy atom. The highest BCUT2D eigenvalue weighted by Gasteiger charge is 2.33. The van der Waals surface area contributed by atoms with Crippen LogP contribution in [0.5, 0.6) is 0 Å². The first-order valence-electron chi connectivity index (χ1n) is 6.40. The number of nitrogens with zero attached hydrogens (tertiary/aromatic N) is 2. The number of aryl methyl sites for hydroxylation is 1. The molecule has 1 aliphatic rings. The van der Waals surface area contributed by atoms with Gasteiger partial charge in [-0.1, -0.05) is 11.6 Å². The molecule has 2 atom stereocenters. The quantitative estimate of drug-likeness (QED) is 0.766. The van der Waals surface area contributed by atoms with Crippen LogP contribution in [0.4, 0.5) is 0 Å². The van der Waals surface area contributed by atoms with Crippen LogP contribution >= 0.6 is 0 Å². The van der Waals surface area contributed by atoms with Crippen LogP contribution in [0.2, 0.25) is 0 Å². The lowest BCUT2D eigenvalue weighted by Gasteiger charge is -2.42. The molecule has 0 radical (unpaired) electrons. The molecule has 1 aromatic heterocycles. The molecule has 0 saturated heterocycles. The van der Waals surface area contributed by atoms with E-state index in [2.05, 4.69) is 60.9 Å². The van der Waals surface area contributed by atoms with Crippen molar-refractivity contribution in [1.29, 1.82) is 0 Å². The number of likely N-dealkylation sites (N-methyl/N-ethyl adjacent to an activating group) is 1. The van der Waals surface area contributed by atoms with Gasteiger partial charge in [0, 0.05) is 23.8 Å². The number of hydrogen-bond donors (Lipinski definition) is 0. The molecule has 0 amide bonds. The van der Waals surface area contributed by atoms with Crippen LogP contribution < -0.4 is 0 Å². The standard InChI is InChI=1S/C15H20N2/c1-11-4-5-13-12(10-11)8-9-17(13)15-7-6-14(15)16(2)3/h4-5,8-10,14-15H,6-7H2,1-3H3/t14-,15?/m0/s1. The second kappa shape index (κ2) is 3.88. The molecule has 0 N–H and O–H groups in total. The van der Waals surface area contributed by atoms with Crippen molar-refractivity contribution in [3.8, 4) is 0 Å². The first kappa shape index (κ1) is 10.8. The summed E-state index contributed by atoms with van der Waals surface area (Å²) in [6, 6.07) is 10.3. The fraction of sp³-hybridized carbons (Fsp3) is 0.467. The molecule has 1 unspecified atom stereocenters. The highest BCUT2D eigenvalue weighted by Crippen LogP contribution is 2.37. The smallest absolute Gasteiger partial charge is 0.0492 e. The molecule has 2 aromatic rings. The predicted molar refractivity (Wildman–Crippen MR) is 72.4 cm³/mol. The summed E-state index contributed by atoms with van der Waals surface area (Å²) in [6.45, 7) is 2.16.